The van der Waals surface area contributed by atoms with Gasteiger partial charge in [0.25, 0.3) is 10.1 Å². The molecule has 0 spiro atoms. The second-order valence-corrected chi connectivity index (χ2v) is 4.10. The molecule has 0 heterocycles. The molecule has 0 aromatic carbocycles. The Morgan fingerprint density at radius 3 is 2.00 bits per heavy atom. The van der Waals surface area contributed by atoms with E-state index < -0.39 is 10.1 Å². The summed E-state index contributed by atoms with van der Waals surface area (Å²) in [6, 6.07) is 0. The largest absolute Gasteiger partial charge is 0.292 e. The highest BCUT2D eigenvalue weighted by molar-refractivity contribution is 7.90. The highest BCUT2D eigenvalue weighted by Gasteiger charge is 2.13. The van der Waals surface area contributed by atoms with Crippen LogP contribution < -0.4 is 0 Å². The van der Waals surface area contributed by atoms with Crippen LogP contribution in [-0.2, 0) is 14.3 Å². The topological polar surface area (TPSA) is 43.4 Å². The van der Waals surface area contributed by atoms with Crippen molar-refractivity contribution in [3.05, 3.63) is 11.5 Å². The first-order valence-corrected chi connectivity index (χ1v) is 4.36. The quantitative estimate of drug-likeness (QED) is 0.590. The molecule has 0 amide bonds. The Bertz CT molecular complexity index is 213. The lowest BCUT2D eigenvalue weighted by atomic mass is 10.5. The van der Waals surface area contributed by atoms with Crippen molar-refractivity contribution in [3.8, 4) is 0 Å². The van der Waals surface area contributed by atoms with Crippen molar-refractivity contribution in [3.63, 3.8) is 0 Å². The lowest BCUT2D eigenvalue weighted by Crippen LogP contribution is -2.11. The SMILES string of the molecule is C=C(C)S(=O)(=O)OC(C)C. The molecule has 0 saturated carbocycles. The van der Waals surface area contributed by atoms with Crippen LogP contribution in [-0.4, -0.2) is 14.5 Å². The highest BCUT2D eigenvalue weighted by Crippen LogP contribution is 2.07. The second kappa shape index (κ2) is 3.16. The molecule has 0 radical (unpaired) electrons. The van der Waals surface area contributed by atoms with Crippen LogP contribution in [0.25, 0.3) is 0 Å². The molecule has 0 aliphatic rings. The highest BCUT2D eigenvalue weighted by atomic mass is 32.2. The van der Waals surface area contributed by atoms with Crippen LogP contribution in [0.1, 0.15) is 20.8 Å². The van der Waals surface area contributed by atoms with Gasteiger partial charge in [-0.25, -0.2) is 0 Å². The molecular weight excluding hydrogens is 152 g/mol. The van der Waals surface area contributed by atoms with Crippen molar-refractivity contribution in [2.24, 2.45) is 0 Å². The lowest BCUT2D eigenvalue weighted by Gasteiger charge is -2.06. The standard InChI is InChI=1S/C6H12O3S/c1-5(2)9-10(7,8)6(3)4/h5H,3H2,1-2,4H3. The molecule has 3 nitrogen and oxygen atoms in total. The fourth-order valence-corrected chi connectivity index (χ4v) is 1.01. The van der Waals surface area contributed by atoms with Gasteiger partial charge in [-0.1, -0.05) is 6.58 Å². The van der Waals surface area contributed by atoms with E-state index in [-0.39, 0.29) is 11.0 Å². The Hall–Kier alpha value is -0.350. The molecule has 0 aromatic heterocycles. The van der Waals surface area contributed by atoms with E-state index in [9.17, 15) is 8.42 Å². The minimum Gasteiger partial charge on any atom is -0.264 e. The summed E-state index contributed by atoms with van der Waals surface area (Å²) in [7, 11) is -3.49. The summed E-state index contributed by atoms with van der Waals surface area (Å²) < 4.78 is 26.2. The molecule has 60 valence electrons. The fourth-order valence-electron chi connectivity index (χ4n) is 0.335. The minimum atomic E-state index is -3.49. The van der Waals surface area contributed by atoms with E-state index in [0.29, 0.717) is 0 Å². The van der Waals surface area contributed by atoms with Crippen molar-refractivity contribution >= 4 is 10.1 Å². The minimum absolute atomic E-state index is 0.0428. The molecule has 0 aliphatic carbocycles. The predicted molar refractivity (Wildman–Crippen MR) is 40.0 cm³/mol. The average Bonchev–Trinajstić information content (AvgIpc) is 1.60. The normalized spacial score (nSPS) is 12.0. The van der Waals surface area contributed by atoms with E-state index in [4.69, 9.17) is 0 Å². The first-order chi connectivity index (χ1) is 4.36. The van der Waals surface area contributed by atoms with E-state index in [2.05, 4.69) is 10.8 Å². The maximum atomic E-state index is 10.8. The smallest absolute Gasteiger partial charge is 0.264 e. The Morgan fingerprint density at radius 1 is 1.50 bits per heavy atom. The van der Waals surface area contributed by atoms with Gasteiger partial charge in [0.1, 0.15) is 0 Å². The molecule has 0 N–H and O–H groups in total. The maximum Gasteiger partial charge on any atom is 0.292 e. The average molecular weight is 164 g/mol. The van der Waals surface area contributed by atoms with Crippen molar-refractivity contribution in [2.45, 2.75) is 26.9 Å². The molecule has 0 unspecified atom stereocenters. The molecule has 0 fully saturated rings. The Kier molecular flexibility index (Phi) is 3.05. The molecule has 0 saturated heterocycles. The van der Waals surface area contributed by atoms with Gasteiger partial charge < -0.3 is 0 Å². The van der Waals surface area contributed by atoms with Crippen LogP contribution >= 0.6 is 0 Å². The van der Waals surface area contributed by atoms with E-state index >= 15 is 0 Å². The van der Waals surface area contributed by atoms with Gasteiger partial charge in [-0.3, -0.25) is 4.18 Å². The lowest BCUT2D eigenvalue weighted by molar-refractivity contribution is 0.252. The van der Waals surface area contributed by atoms with Crippen molar-refractivity contribution < 1.29 is 12.6 Å². The molecule has 0 bridgehead atoms. The number of allylic oxidation sites excluding steroid dienone is 1. The first-order valence-electron chi connectivity index (χ1n) is 2.95. The fraction of sp³-hybridized carbons (Fsp3) is 0.667. The zero-order valence-electron chi connectivity index (χ0n) is 6.42. The van der Waals surface area contributed by atoms with Crippen molar-refractivity contribution in [1.29, 1.82) is 0 Å². The Labute approximate surface area is 61.8 Å². The van der Waals surface area contributed by atoms with Crippen molar-refractivity contribution in [1.82, 2.24) is 0 Å². The Morgan fingerprint density at radius 2 is 1.90 bits per heavy atom. The van der Waals surface area contributed by atoms with Gasteiger partial charge in [0.05, 0.1) is 11.0 Å². The monoisotopic (exact) mass is 164 g/mol. The van der Waals surface area contributed by atoms with E-state index in [0.717, 1.165) is 0 Å². The first kappa shape index (κ1) is 9.65. The van der Waals surface area contributed by atoms with Gasteiger partial charge in [-0.2, -0.15) is 8.42 Å². The summed E-state index contributed by atoms with van der Waals surface area (Å²) in [5.74, 6) is 0. The van der Waals surface area contributed by atoms with Gasteiger partial charge in [0.2, 0.25) is 0 Å². The molecular formula is C6H12O3S. The molecule has 0 aliphatic heterocycles. The number of hydrogen-bond acceptors (Lipinski definition) is 3. The third kappa shape index (κ3) is 2.98. The summed E-state index contributed by atoms with van der Waals surface area (Å²) in [6.45, 7) is 7.97. The van der Waals surface area contributed by atoms with E-state index in [1.807, 2.05) is 0 Å². The van der Waals surface area contributed by atoms with Gasteiger partial charge in [0.15, 0.2) is 0 Å². The van der Waals surface area contributed by atoms with Crippen LogP contribution in [0.3, 0.4) is 0 Å². The summed E-state index contributed by atoms with van der Waals surface area (Å²) in [6.07, 6.45) is -0.318. The number of rotatable bonds is 3. The third-order valence-corrected chi connectivity index (χ3v) is 2.24. The maximum absolute atomic E-state index is 10.8. The summed E-state index contributed by atoms with van der Waals surface area (Å²) in [4.78, 5) is 0.0428. The van der Waals surface area contributed by atoms with E-state index in [1.165, 1.54) is 6.92 Å². The molecule has 0 aromatic rings. The molecule has 10 heavy (non-hydrogen) atoms. The molecule has 0 atom stereocenters. The predicted octanol–water partition coefficient (Wildman–Crippen LogP) is 1.27. The van der Waals surface area contributed by atoms with Crippen LogP contribution in [0.2, 0.25) is 0 Å². The Balaban J connectivity index is 4.31. The van der Waals surface area contributed by atoms with Crippen LogP contribution in [0.4, 0.5) is 0 Å². The van der Waals surface area contributed by atoms with Crippen molar-refractivity contribution in [2.75, 3.05) is 0 Å². The van der Waals surface area contributed by atoms with Gasteiger partial charge in [-0.15, -0.1) is 0 Å². The van der Waals surface area contributed by atoms with Crippen LogP contribution in [0.5, 0.6) is 0 Å². The summed E-state index contributed by atoms with van der Waals surface area (Å²) in [5, 5.41) is 0. The van der Waals surface area contributed by atoms with Gasteiger partial charge in [0, 0.05) is 0 Å². The van der Waals surface area contributed by atoms with Crippen LogP contribution in [0, 0.1) is 0 Å². The second-order valence-electron chi connectivity index (χ2n) is 2.30. The molecule has 4 heteroatoms. The zero-order valence-corrected chi connectivity index (χ0v) is 7.23. The van der Waals surface area contributed by atoms with Gasteiger partial charge >= 0.3 is 0 Å². The number of hydrogen-bond donors (Lipinski definition) is 0. The van der Waals surface area contributed by atoms with Crippen LogP contribution in [0.15, 0.2) is 11.5 Å². The molecule has 0 rings (SSSR count). The third-order valence-electron chi connectivity index (χ3n) is 0.746. The summed E-state index contributed by atoms with van der Waals surface area (Å²) >= 11 is 0. The van der Waals surface area contributed by atoms with E-state index in [1.54, 1.807) is 13.8 Å². The summed E-state index contributed by atoms with van der Waals surface area (Å²) in [5.41, 5.74) is 0. The zero-order chi connectivity index (χ0) is 8.36. The van der Waals surface area contributed by atoms with Gasteiger partial charge in [-0.05, 0) is 20.8 Å².